The zero-order valence-corrected chi connectivity index (χ0v) is 13.8. The summed E-state index contributed by atoms with van der Waals surface area (Å²) in [4.78, 5) is 32.7. The maximum atomic E-state index is 12.5. The molecule has 0 atom stereocenters. The Balaban J connectivity index is 2.41. The van der Waals surface area contributed by atoms with Crippen molar-refractivity contribution in [3.63, 3.8) is 0 Å². The highest BCUT2D eigenvalue weighted by atomic mass is 16.6. The molecule has 1 N–H and O–H groups in total. The Bertz CT molecular complexity index is 826. The molecule has 8 heteroatoms. The number of para-hydroxylation sites is 1. The predicted molar refractivity (Wildman–Crippen MR) is 92.9 cm³/mol. The number of rotatable bonds is 6. The van der Waals surface area contributed by atoms with E-state index in [0.29, 0.717) is 18.5 Å². The smallest absolute Gasteiger partial charge is 0.321 e. The fourth-order valence-electron chi connectivity index (χ4n) is 2.55. The molecular formula is C17H17N3O5. The first-order chi connectivity index (χ1) is 11.9. The summed E-state index contributed by atoms with van der Waals surface area (Å²) in [6, 6.07) is 8.80. The van der Waals surface area contributed by atoms with Gasteiger partial charge in [-0.1, -0.05) is 32.0 Å². The SMILES string of the molecule is CCc1cccc(CC)c1NC(=O)c1ccc([N+](=O)[O-])c([N+](=O)[O-])c1. The van der Waals surface area contributed by atoms with Crippen molar-refractivity contribution in [3.05, 3.63) is 73.3 Å². The third kappa shape index (κ3) is 3.79. The Labute approximate surface area is 143 Å². The zero-order chi connectivity index (χ0) is 18.6. The van der Waals surface area contributed by atoms with Crippen LogP contribution >= 0.6 is 0 Å². The molecule has 0 unspecified atom stereocenters. The van der Waals surface area contributed by atoms with Crippen LogP contribution in [-0.2, 0) is 12.8 Å². The van der Waals surface area contributed by atoms with Crippen LogP contribution in [0.1, 0.15) is 35.3 Å². The van der Waals surface area contributed by atoms with Gasteiger partial charge >= 0.3 is 11.4 Å². The zero-order valence-electron chi connectivity index (χ0n) is 13.8. The van der Waals surface area contributed by atoms with Crippen LogP contribution < -0.4 is 5.32 Å². The average Bonchev–Trinajstić information content (AvgIpc) is 2.61. The van der Waals surface area contributed by atoms with Crippen LogP contribution in [0.5, 0.6) is 0 Å². The van der Waals surface area contributed by atoms with Gasteiger partial charge in [-0.25, -0.2) is 0 Å². The van der Waals surface area contributed by atoms with Crippen LogP contribution in [0.2, 0.25) is 0 Å². The number of amides is 1. The molecule has 25 heavy (non-hydrogen) atoms. The summed E-state index contributed by atoms with van der Waals surface area (Å²) in [7, 11) is 0. The lowest BCUT2D eigenvalue weighted by Crippen LogP contribution is -2.15. The van der Waals surface area contributed by atoms with Crippen molar-refractivity contribution >= 4 is 23.0 Å². The molecule has 2 aromatic carbocycles. The molecule has 0 aliphatic rings. The molecule has 0 fully saturated rings. The third-order valence-electron chi connectivity index (χ3n) is 3.87. The summed E-state index contributed by atoms with van der Waals surface area (Å²) in [6.45, 7) is 3.92. The van der Waals surface area contributed by atoms with E-state index in [2.05, 4.69) is 5.32 Å². The van der Waals surface area contributed by atoms with Crippen molar-refractivity contribution in [2.75, 3.05) is 5.32 Å². The summed E-state index contributed by atoms with van der Waals surface area (Å²) >= 11 is 0. The summed E-state index contributed by atoms with van der Waals surface area (Å²) in [6.07, 6.45) is 1.42. The van der Waals surface area contributed by atoms with Crippen LogP contribution in [0.3, 0.4) is 0 Å². The number of carbonyl (C=O) groups excluding carboxylic acids is 1. The number of hydrogen-bond acceptors (Lipinski definition) is 5. The van der Waals surface area contributed by atoms with E-state index in [1.807, 2.05) is 32.0 Å². The van der Waals surface area contributed by atoms with E-state index in [-0.39, 0.29) is 5.56 Å². The number of carbonyl (C=O) groups is 1. The number of nitro benzene ring substituents is 2. The highest BCUT2D eigenvalue weighted by molar-refractivity contribution is 6.05. The number of nitrogens with zero attached hydrogens (tertiary/aromatic N) is 2. The van der Waals surface area contributed by atoms with E-state index in [4.69, 9.17) is 0 Å². The second-order valence-electron chi connectivity index (χ2n) is 5.33. The number of aryl methyl sites for hydroxylation is 2. The first-order valence-corrected chi connectivity index (χ1v) is 7.74. The fourth-order valence-corrected chi connectivity index (χ4v) is 2.55. The standard InChI is InChI=1S/C17H17N3O5/c1-3-11-6-5-7-12(4-2)16(11)18-17(21)13-8-9-14(19(22)23)15(10-13)20(24)25/h5-10H,3-4H2,1-2H3,(H,18,21). The summed E-state index contributed by atoms with van der Waals surface area (Å²) in [5, 5.41) is 24.7. The van der Waals surface area contributed by atoms with E-state index in [1.165, 1.54) is 6.07 Å². The summed E-state index contributed by atoms with van der Waals surface area (Å²) in [5.74, 6) is -0.548. The molecule has 2 rings (SSSR count). The van der Waals surface area contributed by atoms with Gasteiger partial charge in [-0.15, -0.1) is 0 Å². The predicted octanol–water partition coefficient (Wildman–Crippen LogP) is 3.88. The van der Waals surface area contributed by atoms with Gasteiger partial charge in [-0.2, -0.15) is 0 Å². The molecule has 0 bridgehead atoms. The maximum absolute atomic E-state index is 12.5. The van der Waals surface area contributed by atoms with Gasteiger partial charge in [0, 0.05) is 23.4 Å². The first kappa shape index (κ1) is 18.1. The normalized spacial score (nSPS) is 10.3. The van der Waals surface area contributed by atoms with Crippen molar-refractivity contribution < 1.29 is 14.6 Å². The Morgan fingerprint density at radius 1 is 0.960 bits per heavy atom. The minimum atomic E-state index is -0.869. The van der Waals surface area contributed by atoms with Crippen molar-refractivity contribution in [1.82, 2.24) is 0 Å². The molecule has 0 aliphatic heterocycles. The van der Waals surface area contributed by atoms with Crippen LogP contribution in [0.15, 0.2) is 36.4 Å². The molecule has 8 nitrogen and oxygen atoms in total. The highest BCUT2D eigenvalue weighted by Gasteiger charge is 2.26. The lowest BCUT2D eigenvalue weighted by molar-refractivity contribution is -0.422. The number of anilines is 1. The fraction of sp³-hybridized carbons (Fsp3) is 0.235. The van der Waals surface area contributed by atoms with Crippen molar-refractivity contribution in [2.45, 2.75) is 26.7 Å². The summed E-state index contributed by atoms with van der Waals surface area (Å²) in [5.41, 5.74) is 1.21. The second kappa shape index (κ2) is 7.52. The molecule has 0 aliphatic carbocycles. The van der Waals surface area contributed by atoms with Crippen LogP contribution in [0.25, 0.3) is 0 Å². The van der Waals surface area contributed by atoms with Gasteiger partial charge in [-0.05, 0) is 30.0 Å². The van der Waals surface area contributed by atoms with Gasteiger partial charge in [0.05, 0.1) is 9.85 Å². The van der Waals surface area contributed by atoms with Crippen LogP contribution in [0, 0.1) is 20.2 Å². The van der Waals surface area contributed by atoms with E-state index < -0.39 is 27.1 Å². The molecule has 0 aromatic heterocycles. The number of nitrogens with one attached hydrogen (secondary N) is 1. The maximum Gasteiger partial charge on any atom is 0.346 e. The van der Waals surface area contributed by atoms with Gasteiger partial charge in [0.15, 0.2) is 0 Å². The second-order valence-corrected chi connectivity index (χ2v) is 5.33. The third-order valence-corrected chi connectivity index (χ3v) is 3.87. The number of benzene rings is 2. The van der Waals surface area contributed by atoms with Gasteiger partial charge in [0.25, 0.3) is 5.91 Å². The van der Waals surface area contributed by atoms with Crippen LogP contribution in [-0.4, -0.2) is 15.8 Å². The van der Waals surface area contributed by atoms with Crippen LogP contribution in [0.4, 0.5) is 17.1 Å². The monoisotopic (exact) mass is 343 g/mol. The van der Waals surface area contributed by atoms with Crippen molar-refractivity contribution in [2.24, 2.45) is 0 Å². The highest BCUT2D eigenvalue weighted by Crippen LogP contribution is 2.29. The molecule has 0 spiro atoms. The Morgan fingerprint density at radius 2 is 1.52 bits per heavy atom. The van der Waals surface area contributed by atoms with E-state index in [9.17, 15) is 25.0 Å². The van der Waals surface area contributed by atoms with Gasteiger partial charge < -0.3 is 5.32 Å². The number of hydrogen-bond donors (Lipinski definition) is 1. The lowest BCUT2D eigenvalue weighted by atomic mass is 10.0. The van der Waals surface area contributed by atoms with E-state index >= 15 is 0 Å². The Morgan fingerprint density at radius 3 is 2.00 bits per heavy atom. The topological polar surface area (TPSA) is 115 Å². The largest absolute Gasteiger partial charge is 0.346 e. The molecule has 1 amide bonds. The molecule has 0 radical (unpaired) electrons. The van der Waals surface area contributed by atoms with Gasteiger partial charge in [0.1, 0.15) is 0 Å². The first-order valence-electron chi connectivity index (χ1n) is 7.74. The van der Waals surface area contributed by atoms with E-state index in [0.717, 1.165) is 23.3 Å². The summed E-state index contributed by atoms with van der Waals surface area (Å²) < 4.78 is 0. The van der Waals surface area contributed by atoms with Crippen molar-refractivity contribution in [3.8, 4) is 0 Å². The minimum Gasteiger partial charge on any atom is -0.321 e. The van der Waals surface area contributed by atoms with E-state index in [1.54, 1.807) is 0 Å². The minimum absolute atomic E-state index is 0.00902. The Kier molecular flexibility index (Phi) is 5.43. The number of nitro groups is 2. The average molecular weight is 343 g/mol. The lowest BCUT2D eigenvalue weighted by Gasteiger charge is -2.14. The van der Waals surface area contributed by atoms with Crippen molar-refractivity contribution in [1.29, 1.82) is 0 Å². The molecule has 0 saturated heterocycles. The molecule has 130 valence electrons. The molecular weight excluding hydrogens is 326 g/mol. The van der Waals surface area contributed by atoms with Gasteiger partial charge in [-0.3, -0.25) is 25.0 Å². The Hall–Kier alpha value is -3.29. The molecule has 0 heterocycles. The molecule has 0 saturated carbocycles. The van der Waals surface area contributed by atoms with Gasteiger partial charge in [0.2, 0.25) is 0 Å². The quantitative estimate of drug-likeness (QED) is 0.631. The molecule has 2 aromatic rings.